The zero-order chi connectivity index (χ0) is 16.9. The molecule has 0 spiro atoms. The summed E-state index contributed by atoms with van der Waals surface area (Å²) in [5.41, 5.74) is 1.68. The molecule has 0 radical (unpaired) electrons. The van der Waals surface area contributed by atoms with Gasteiger partial charge in [-0.25, -0.2) is 0 Å². The molecule has 0 saturated carbocycles. The molecule has 2 N–H and O–H groups in total. The predicted molar refractivity (Wildman–Crippen MR) is 94.7 cm³/mol. The third-order valence-corrected chi connectivity index (χ3v) is 3.75. The van der Waals surface area contributed by atoms with E-state index in [0.29, 0.717) is 17.0 Å². The van der Waals surface area contributed by atoms with Crippen molar-refractivity contribution < 1.29 is 19.5 Å². The molecule has 1 atom stereocenters. The van der Waals surface area contributed by atoms with E-state index in [1.54, 1.807) is 24.3 Å². The molecule has 0 heterocycles. The molecule has 1 unspecified atom stereocenters. The SMILES string of the molecule is CC1=CCC(Oc2cccc(Oc3ccc(B(O)O)cc3)c2)C=C1. The first-order chi connectivity index (χ1) is 11.6. The summed E-state index contributed by atoms with van der Waals surface area (Å²) in [5.74, 6) is 2.03. The fraction of sp³-hybridized carbons (Fsp3) is 0.158. The maximum absolute atomic E-state index is 9.10. The highest BCUT2D eigenvalue weighted by Gasteiger charge is 2.11. The molecule has 1 aliphatic carbocycles. The van der Waals surface area contributed by atoms with E-state index in [2.05, 4.69) is 25.2 Å². The lowest BCUT2D eigenvalue weighted by Crippen LogP contribution is -2.29. The first kappa shape index (κ1) is 16.4. The van der Waals surface area contributed by atoms with Crippen molar-refractivity contribution >= 4 is 12.6 Å². The van der Waals surface area contributed by atoms with E-state index in [1.165, 1.54) is 5.57 Å². The summed E-state index contributed by atoms with van der Waals surface area (Å²) in [7, 11) is -1.47. The Kier molecular flexibility index (Phi) is 5.03. The van der Waals surface area contributed by atoms with Crippen molar-refractivity contribution in [3.05, 3.63) is 72.3 Å². The van der Waals surface area contributed by atoms with Gasteiger partial charge in [-0.1, -0.05) is 35.9 Å². The Morgan fingerprint density at radius 3 is 2.42 bits per heavy atom. The molecule has 0 aromatic heterocycles. The van der Waals surface area contributed by atoms with Crippen LogP contribution < -0.4 is 14.9 Å². The molecule has 24 heavy (non-hydrogen) atoms. The number of allylic oxidation sites excluding steroid dienone is 2. The Labute approximate surface area is 141 Å². The first-order valence-electron chi connectivity index (χ1n) is 7.86. The normalized spacial score (nSPS) is 16.5. The molecule has 122 valence electrons. The van der Waals surface area contributed by atoms with E-state index in [4.69, 9.17) is 19.5 Å². The molecule has 5 heteroatoms. The Morgan fingerprint density at radius 2 is 1.75 bits per heavy atom. The molecule has 0 bridgehead atoms. The van der Waals surface area contributed by atoms with Crippen molar-refractivity contribution in [3.63, 3.8) is 0 Å². The smallest absolute Gasteiger partial charge is 0.486 e. The maximum Gasteiger partial charge on any atom is 0.488 e. The number of hydrogen-bond acceptors (Lipinski definition) is 4. The number of ether oxygens (including phenoxy) is 2. The minimum atomic E-state index is -1.47. The summed E-state index contributed by atoms with van der Waals surface area (Å²) in [4.78, 5) is 0. The summed E-state index contributed by atoms with van der Waals surface area (Å²) in [6.45, 7) is 2.07. The second-order valence-corrected chi connectivity index (χ2v) is 5.72. The van der Waals surface area contributed by atoms with Crippen LogP contribution in [0.15, 0.2) is 72.3 Å². The molecule has 2 aromatic carbocycles. The second-order valence-electron chi connectivity index (χ2n) is 5.72. The van der Waals surface area contributed by atoms with Crippen LogP contribution in [-0.4, -0.2) is 23.3 Å². The van der Waals surface area contributed by atoms with Crippen LogP contribution in [-0.2, 0) is 0 Å². The molecule has 0 fully saturated rings. The van der Waals surface area contributed by atoms with Gasteiger partial charge in [0.25, 0.3) is 0 Å². The van der Waals surface area contributed by atoms with Gasteiger partial charge in [-0.05, 0) is 42.7 Å². The molecule has 0 saturated heterocycles. The van der Waals surface area contributed by atoms with E-state index in [1.807, 2.05) is 24.3 Å². The summed E-state index contributed by atoms with van der Waals surface area (Å²) in [5, 5.41) is 18.2. The molecular formula is C19H19BO4. The van der Waals surface area contributed by atoms with Crippen LogP contribution in [0.4, 0.5) is 0 Å². The van der Waals surface area contributed by atoms with Gasteiger partial charge in [0, 0.05) is 12.5 Å². The van der Waals surface area contributed by atoms with Crippen LogP contribution in [0.1, 0.15) is 13.3 Å². The fourth-order valence-corrected chi connectivity index (χ4v) is 2.43. The van der Waals surface area contributed by atoms with Crippen LogP contribution in [0.25, 0.3) is 0 Å². The van der Waals surface area contributed by atoms with Gasteiger partial charge in [0.15, 0.2) is 0 Å². The number of benzene rings is 2. The quantitative estimate of drug-likeness (QED) is 0.831. The van der Waals surface area contributed by atoms with E-state index in [0.717, 1.165) is 12.2 Å². The lowest BCUT2D eigenvalue weighted by molar-refractivity contribution is 0.250. The average molecular weight is 322 g/mol. The zero-order valence-corrected chi connectivity index (χ0v) is 13.4. The first-order valence-corrected chi connectivity index (χ1v) is 7.86. The molecule has 1 aliphatic rings. The summed E-state index contributed by atoms with van der Waals surface area (Å²) in [6.07, 6.45) is 7.17. The van der Waals surface area contributed by atoms with Crippen molar-refractivity contribution in [1.82, 2.24) is 0 Å². The van der Waals surface area contributed by atoms with Gasteiger partial charge in [-0.15, -0.1) is 0 Å². The topological polar surface area (TPSA) is 58.9 Å². The fourth-order valence-electron chi connectivity index (χ4n) is 2.43. The van der Waals surface area contributed by atoms with E-state index >= 15 is 0 Å². The third-order valence-electron chi connectivity index (χ3n) is 3.75. The van der Waals surface area contributed by atoms with E-state index < -0.39 is 7.12 Å². The molecule has 0 aliphatic heterocycles. The molecule has 3 rings (SSSR count). The van der Waals surface area contributed by atoms with Crippen molar-refractivity contribution in [2.45, 2.75) is 19.4 Å². The predicted octanol–water partition coefficient (Wildman–Crippen LogP) is 2.81. The third kappa shape index (κ3) is 4.28. The summed E-state index contributed by atoms with van der Waals surface area (Å²) >= 11 is 0. The van der Waals surface area contributed by atoms with E-state index in [-0.39, 0.29) is 6.10 Å². The monoisotopic (exact) mass is 322 g/mol. The van der Waals surface area contributed by atoms with Crippen molar-refractivity contribution in [3.8, 4) is 17.2 Å². The van der Waals surface area contributed by atoms with Gasteiger partial charge in [0.2, 0.25) is 0 Å². The number of rotatable bonds is 5. The van der Waals surface area contributed by atoms with Crippen LogP contribution in [0, 0.1) is 0 Å². The van der Waals surface area contributed by atoms with Gasteiger partial charge in [-0.2, -0.15) is 0 Å². The zero-order valence-electron chi connectivity index (χ0n) is 13.4. The number of hydrogen-bond donors (Lipinski definition) is 2. The molecule has 2 aromatic rings. The Morgan fingerprint density at radius 1 is 1.00 bits per heavy atom. The maximum atomic E-state index is 9.10. The highest BCUT2D eigenvalue weighted by Crippen LogP contribution is 2.26. The van der Waals surface area contributed by atoms with Gasteiger partial charge in [-0.3, -0.25) is 0 Å². The van der Waals surface area contributed by atoms with Crippen LogP contribution in [0.3, 0.4) is 0 Å². The highest BCUT2D eigenvalue weighted by molar-refractivity contribution is 6.58. The minimum absolute atomic E-state index is 0.0364. The van der Waals surface area contributed by atoms with Gasteiger partial charge >= 0.3 is 7.12 Å². The average Bonchev–Trinajstić information content (AvgIpc) is 2.58. The van der Waals surface area contributed by atoms with Crippen molar-refractivity contribution in [2.75, 3.05) is 0 Å². The van der Waals surface area contributed by atoms with Gasteiger partial charge in [0.1, 0.15) is 23.4 Å². The van der Waals surface area contributed by atoms with Crippen LogP contribution in [0.5, 0.6) is 17.2 Å². The molecule has 0 amide bonds. The second kappa shape index (κ2) is 7.38. The lowest BCUT2D eigenvalue weighted by atomic mass is 9.80. The van der Waals surface area contributed by atoms with Gasteiger partial charge < -0.3 is 19.5 Å². The molecule has 4 nitrogen and oxygen atoms in total. The van der Waals surface area contributed by atoms with Crippen LogP contribution in [0.2, 0.25) is 0 Å². The van der Waals surface area contributed by atoms with Crippen molar-refractivity contribution in [2.24, 2.45) is 0 Å². The summed E-state index contributed by atoms with van der Waals surface area (Å²) < 4.78 is 11.7. The highest BCUT2D eigenvalue weighted by atomic mass is 16.5. The summed E-state index contributed by atoms with van der Waals surface area (Å²) in [6, 6.07) is 14.1. The minimum Gasteiger partial charge on any atom is -0.486 e. The standard InChI is InChI=1S/C19H19BO4/c1-14-5-9-16(10-6-14)23-18-3-2-4-19(13-18)24-17-11-7-15(8-12-17)20(21)22/h2-9,11-13,16,21-22H,10H2,1H3. The Balaban J connectivity index is 1.66. The molecular weight excluding hydrogens is 303 g/mol. The van der Waals surface area contributed by atoms with Gasteiger partial charge in [0.05, 0.1) is 0 Å². The van der Waals surface area contributed by atoms with Crippen molar-refractivity contribution in [1.29, 1.82) is 0 Å². The largest absolute Gasteiger partial charge is 0.488 e. The lowest BCUT2D eigenvalue weighted by Gasteiger charge is -2.17. The van der Waals surface area contributed by atoms with Crippen LogP contribution >= 0.6 is 0 Å². The Bertz CT molecular complexity index is 750. The Hall–Kier alpha value is -2.50. The van der Waals surface area contributed by atoms with E-state index in [9.17, 15) is 0 Å².